The first-order valence-electron chi connectivity index (χ1n) is 12.9. The maximum atomic E-state index is 12.6. The van der Waals surface area contributed by atoms with Gasteiger partial charge in [0.15, 0.2) is 5.82 Å². The highest BCUT2D eigenvalue weighted by atomic mass is 35.6. The second-order valence-corrected chi connectivity index (χ2v) is 12.5. The number of carboxylic acids is 1. The third-order valence-corrected chi connectivity index (χ3v) is 7.82. The average molecular weight is 708 g/mol. The first-order valence-corrected chi connectivity index (χ1v) is 14.8. The summed E-state index contributed by atoms with van der Waals surface area (Å²) in [6.45, 7) is 6.34. The van der Waals surface area contributed by atoms with Crippen molar-refractivity contribution < 1.29 is 28.7 Å². The number of rotatable bonds is 9. The zero-order valence-electron chi connectivity index (χ0n) is 24.1. The molecule has 2 N–H and O–H groups in total. The Morgan fingerprint density at radius 1 is 1.02 bits per heavy atom. The highest BCUT2D eigenvalue weighted by Crippen LogP contribution is 2.39. The van der Waals surface area contributed by atoms with E-state index in [1.807, 2.05) is 0 Å². The molecule has 0 bridgehead atoms. The maximum absolute atomic E-state index is 12.6. The first kappa shape index (κ1) is 35.3. The first-order chi connectivity index (χ1) is 20.7. The van der Waals surface area contributed by atoms with Crippen LogP contribution in [0.25, 0.3) is 5.69 Å². The van der Waals surface area contributed by atoms with Crippen molar-refractivity contribution in [2.24, 2.45) is 0 Å². The number of carbonyl (C=O) groups is 2. The van der Waals surface area contributed by atoms with E-state index < -0.39 is 15.6 Å². The number of halogens is 5. The summed E-state index contributed by atoms with van der Waals surface area (Å²) < 4.78 is 14.9. The number of hydrogen-bond donors (Lipinski definition) is 2. The average Bonchev–Trinajstić information content (AvgIpc) is 3.65. The van der Waals surface area contributed by atoms with Gasteiger partial charge in [0.2, 0.25) is 9.68 Å². The van der Waals surface area contributed by atoms with E-state index in [2.05, 4.69) is 41.3 Å². The standard InChI is InChI=1S/C18H24N2O4.C10H4Cl5N3O2/c1-6-18(3,7-2)14-11-15(24-20-14)19-17(21)16-12(22-4)9-8-10-13(16)23-5;11-4-1-2-6(5(12)3-4)18-9(10(13,14)15)16-7(17-18)8(19)20/h8-11H,6-7H2,1-5H3,(H,19,21);1-3H,(H,19,20). The molecule has 1 amide bonds. The van der Waals surface area contributed by atoms with Crippen molar-refractivity contribution in [3.8, 4) is 17.2 Å². The predicted octanol–water partition coefficient (Wildman–Crippen LogP) is 8.12. The van der Waals surface area contributed by atoms with E-state index in [0.29, 0.717) is 28.0 Å². The summed E-state index contributed by atoms with van der Waals surface area (Å²) in [6.07, 6.45) is 1.87. The molecule has 2 aromatic carbocycles. The lowest BCUT2D eigenvalue weighted by atomic mass is 9.81. The van der Waals surface area contributed by atoms with Gasteiger partial charge in [-0.3, -0.25) is 10.1 Å². The van der Waals surface area contributed by atoms with E-state index in [0.717, 1.165) is 23.2 Å². The molecule has 0 fully saturated rings. The molecule has 0 unspecified atom stereocenters. The maximum Gasteiger partial charge on any atom is 0.375 e. The fourth-order valence-electron chi connectivity index (χ4n) is 3.89. The quantitative estimate of drug-likeness (QED) is 0.165. The molecule has 0 saturated carbocycles. The molecule has 4 rings (SSSR count). The van der Waals surface area contributed by atoms with Crippen LogP contribution in [-0.2, 0) is 9.21 Å². The summed E-state index contributed by atoms with van der Waals surface area (Å²) in [5.41, 5.74) is 1.36. The normalized spacial score (nSPS) is 11.4. The molecule has 4 aromatic rings. The summed E-state index contributed by atoms with van der Waals surface area (Å²) in [7, 11) is 3.01. The summed E-state index contributed by atoms with van der Waals surface area (Å²) in [5, 5.41) is 20.1. The number of methoxy groups -OCH3 is 2. The molecular weight excluding hydrogens is 680 g/mol. The van der Waals surface area contributed by atoms with Gasteiger partial charge in [0.05, 0.1) is 30.6 Å². The Labute approximate surface area is 278 Å². The van der Waals surface area contributed by atoms with Crippen LogP contribution in [0.1, 0.15) is 66.1 Å². The Kier molecular flexibility index (Phi) is 11.8. The highest BCUT2D eigenvalue weighted by Gasteiger charge is 2.33. The zero-order chi connectivity index (χ0) is 32.8. The lowest BCUT2D eigenvalue weighted by molar-refractivity contribution is 0.0683. The van der Waals surface area contributed by atoms with E-state index in [9.17, 15) is 9.59 Å². The van der Waals surface area contributed by atoms with Gasteiger partial charge in [-0.05, 0) is 43.2 Å². The number of aromatic nitrogens is 4. The van der Waals surface area contributed by atoms with Crippen molar-refractivity contribution in [1.29, 1.82) is 0 Å². The molecule has 44 heavy (non-hydrogen) atoms. The van der Waals surface area contributed by atoms with Gasteiger partial charge in [-0.25, -0.2) is 14.5 Å². The number of carbonyl (C=O) groups excluding carboxylic acids is 1. The van der Waals surface area contributed by atoms with Crippen LogP contribution in [-0.4, -0.2) is 51.1 Å². The Bertz CT molecular complexity index is 1610. The number of alkyl halides is 3. The third kappa shape index (κ3) is 8.08. The van der Waals surface area contributed by atoms with E-state index >= 15 is 0 Å². The van der Waals surface area contributed by atoms with Crippen molar-refractivity contribution in [3.05, 3.63) is 75.4 Å². The van der Waals surface area contributed by atoms with Gasteiger partial charge in [-0.1, -0.05) is 90.0 Å². The Morgan fingerprint density at radius 2 is 1.64 bits per heavy atom. The van der Waals surface area contributed by atoms with Crippen molar-refractivity contribution in [1.82, 2.24) is 19.9 Å². The molecule has 0 aliphatic carbocycles. The fraction of sp³-hybridized carbons (Fsp3) is 0.321. The number of anilines is 1. The van der Waals surface area contributed by atoms with Crippen molar-refractivity contribution in [2.45, 2.75) is 42.8 Å². The monoisotopic (exact) mass is 705 g/mol. The van der Waals surface area contributed by atoms with Gasteiger partial charge < -0.3 is 19.1 Å². The summed E-state index contributed by atoms with van der Waals surface area (Å²) >= 11 is 29.1. The fourth-order valence-corrected chi connectivity index (χ4v) is 4.74. The molecular formula is C28H28Cl5N5O6. The summed E-state index contributed by atoms with van der Waals surface area (Å²) in [6, 6.07) is 11.4. The SMILES string of the molecule is CCC(C)(CC)c1cc(NC(=O)c2c(OC)cccc2OC)on1.O=C(O)c1nc(C(Cl)(Cl)Cl)n(-c2ccc(Cl)cc2Cl)n1. The lowest BCUT2D eigenvalue weighted by Crippen LogP contribution is -2.19. The zero-order valence-corrected chi connectivity index (χ0v) is 27.9. The minimum atomic E-state index is -1.97. The summed E-state index contributed by atoms with van der Waals surface area (Å²) in [5.74, 6) is -1.28. The van der Waals surface area contributed by atoms with Gasteiger partial charge in [0.1, 0.15) is 17.1 Å². The molecule has 0 aliphatic rings. The van der Waals surface area contributed by atoms with Gasteiger partial charge in [-0.15, -0.1) is 5.10 Å². The highest BCUT2D eigenvalue weighted by molar-refractivity contribution is 6.66. The molecule has 11 nitrogen and oxygen atoms in total. The molecule has 0 spiro atoms. The van der Waals surface area contributed by atoms with Crippen molar-refractivity contribution >= 4 is 75.8 Å². The molecule has 236 valence electrons. The molecule has 0 radical (unpaired) electrons. The Hall–Kier alpha value is -3.22. The van der Waals surface area contributed by atoms with Crippen molar-refractivity contribution in [2.75, 3.05) is 19.5 Å². The number of aromatic carboxylic acids is 1. The number of carboxylic acid groups (broad SMARTS) is 1. The predicted molar refractivity (Wildman–Crippen MR) is 170 cm³/mol. The van der Waals surface area contributed by atoms with Crippen LogP contribution < -0.4 is 14.8 Å². The lowest BCUT2D eigenvalue weighted by Gasteiger charge is -2.22. The molecule has 0 atom stereocenters. The van der Waals surface area contributed by atoms with Gasteiger partial charge >= 0.3 is 5.97 Å². The molecule has 2 aromatic heterocycles. The van der Waals surface area contributed by atoms with E-state index in [1.54, 1.807) is 24.3 Å². The summed E-state index contributed by atoms with van der Waals surface area (Å²) in [4.78, 5) is 27.2. The molecule has 2 heterocycles. The van der Waals surface area contributed by atoms with Crippen molar-refractivity contribution in [3.63, 3.8) is 0 Å². The van der Waals surface area contributed by atoms with Crippen LogP contribution in [0.4, 0.5) is 5.88 Å². The molecule has 0 saturated heterocycles. The largest absolute Gasteiger partial charge is 0.496 e. The number of ether oxygens (including phenoxy) is 2. The van der Waals surface area contributed by atoms with Crippen LogP contribution in [0.2, 0.25) is 10.0 Å². The molecule has 16 heteroatoms. The van der Waals surface area contributed by atoms with Crippen LogP contribution in [0, 0.1) is 0 Å². The van der Waals surface area contributed by atoms with Crippen LogP contribution in [0.5, 0.6) is 11.5 Å². The topological polar surface area (TPSA) is 142 Å². The van der Waals surface area contributed by atoms with E-state index in [4.69, 9.17) is 77.1 Å². The number of hydrogen-bond acceptors (Lipinski definition) is 8. The van der Waals surface area contributed by atoms with Gasteiger partial charge in [0.25, 0.3) is 11.7 Å². The molecule has 0 aliphatic heterocycles. The van der Waals surface area contributed by atoms with Crippen LogP contribution in [0.3, 0.4) is 0 Å². The second-order valence-electron chi connectivity index (χ2n) is 9.41. The minimum Gasteiger partial charge on any atom is -0.496 e. The van der Waals surface area contributed by atoms with E-state index in [-0.39, 0.29) is 27.9 Å². The van der Waals surface area contributed by atoms with Gasteiger partial charge in [0, 0.05) is 16.5 Å². The number of amides is 1. The Morgan fingerprint density at radius 3 is 2.14 bits per heavy atom. The van der Waals surface area contributed by atoms with Crippen LogP contribution >= 0.6 is 58.0 Å². The van der Waals surface area contributed by atoms with E-state index in [1.165, 1.54) is 32.4 Å². The Balaban J connectivity index is 0.000000244. The number of benzene rings is 2. The minimum absolute atomic E-state index is 0.0748. The number of nitrogens with one attached hydrogen (secondary N) is 1. The van der Waals surface area contributed by atoms with Gasteiger partial charge in [-0.2, -0.15) is 0 Å². The van der Waals surface area contributed by atoms with Crippen LogP contribution in [0.15, 0.2) is 47.0 Å². The third-order valence-electron chi connectivity index (χ3n) is 6.77. The second kappa shape index (κ2) is 14.7. The number of nitrogens with zero attached hydrogens (tertiary/aromatic N) is 4. The smallest absolute Gasteiger partial charge is 0.375 e.